The van der Waals surface area contributed by atoms with Crippen molar-refractivity contribution in [1.29, 1.82) is 5.26 Å². The number of hydrogen-bond donors (Lipinski definition) is 0. The van der Waals surface area contributed by atoms with E-state index in [-0.39, 0.29) is 13.0 Å². The van der Waals surface area contributed by atoms with Gasteiger partial charge in [0.15, 0.2) is 5.83 Å². The molecule has 212 valence electrons. The molecule has 2 atom stereocenters. The van der Waals surface area contributed by atoms with E-state index in [2.05, 4.69) is 66.4 Å². The zero-order chi connectivity index (χ0) is 28.4. The first kappa shape index (κ1) is 27.8. The van der Waals surface area contributed by atoms with Gasteiger partial charge in [0, 0.05) is 43.5 Å². The SMILES string of the molecule is C=C(F)C(=O)N1CCN(c2nc(OC[C@@H]3CCCN3C)nc3c2CCN(c2cccc(C)c2C)C3)C[C@@H]1CC#N. The maximum atomic E-state index is 13.7. The standard InChI is InChI=1S/C30H38FN7O2/c1-20-7-5-9-27(21(20)2)36-14-11-25-26(18-36)33-30(40-19-24-8-6-13-35(24)4)34-28(25)37-15-16-38(29(39)22(3)31)23(17-37)10-12-32/h5,7,9,23-24H,3,6,8,10-11,13-19H2,1-2,4H3/t23-,24-/m0/s1. The molecule has 1 amide bonds. The maximum absolute atomic E-state index is 13.7. The number of likely N-dealkylation sites (tertiary alicyclic amines) is 1. The number of nitrogens with zero attached hydrogens (tertiary/aromatic N) is 7. The Bertz CT molecular complexity index is 1330. The molecular formula is C30H38FN7O2. The molecule has 0 radical (unpaired) electrons. The Morgan fingerprint density at radius 1 is 1.18 bits per heavy atom. The van der Waals surface area contributed by atoms with Crippen molar-refractivity contribution in [3.8, 4) is 12.1 Å². The second kappa shape index (κ2) is 11.8. The van der Waals surface area contributed by atoms with Gasteiger partial charge in [-0.05, 0) is 63.9 Å². The Morgan fingerprint density at radius 3 is 2.73 bits per heavy atom. The third-order valence-corrected chi connectivity index (χ3v) is 8.62. The van der Waals surface area contributed by atoms with Crippen molar-refractivity contribution in [1.82, 2.24) is 19.8 Å². The minimum Gasteiger partial charge on any atom is -0.462 e. The summed E-state index contributed by atoms with van der Waals surface area (Å²) in [7, 11) is 2.12. The molecule has 0 N–H and O–H groups in total. The highest BCUT2D eigenvalue weighted by Gasteiger charge is 2.35. The first-order valence-corrected chi connectivity index (χ1v) is 14.1. The van der Waals surface area contributed by atoms with Gasteiger partial charge in [-0.15, -0.1) is 0 Å². The summed E-state index contributed by atoms with van der Waals surface area (Å²) in [6, 6.07) is 8.75. The van der Waals surface area contributed by atoms with Gasteiger partial charge < -0.3 is 24.3 Å². The van der Waals surface area contributed by atoms with Crippen LogP contribution in [0.1, 0.15) is 41.6 Å². The summed E-state index contributed by atoms with van der Waals surface area (Å²) in [6.07, 6.45) is 3.09. The number of aryl methyl sites for hydroxylation is 1. The Labute approximate surface area is 235 Å². The molecule has 0 unspecified atom stereocenters. The predicted octanol–water partition coefficient (Wildman–Crippen LogP) is 3.54. The number of rotatable bonds is 7. The normalized spacial score (nSPS) is 21.2. The van der Waals surface area contributed by atoms with E-state index in [1.807, 2.05) is 0 Å². The lowest BCUT2D eigenvalue weighted by molar-refractivity contribution is -0.131. The van der Waals surface area contributed by atoms with Crippen LogP contribution in [0.15, 0.2) is 30.6 Å². The molecule has 3 aliphatic rings. The summed E-state index contributed by atoms with van der Waals surface area (Å²) in [6.45, 7) is 11.6. The third kappa shape index (κ3) is 5.61. The first-order chi connectivity index (χ1) is 19.3. The molecule has 2 saturated heterocycles. The quantitative estimate of drug-likeness (QED) is 0.487. The Morgan fingerprint density at radius 2 is 2.00 bits per heavy atom. The molecular weight excluding hydrogens is 509 g/mol. The number of likely N-dealkylation sites (N-methyl/N-ethyl adjacent to an activating group) is 1. The molecule has 2 aromatic rings. The van der Waals surface area contributed by atoms with Crippen LogP contribution >= 0.6 is 0 Å². The average Bonchev–Trinajstić information content (AvgIpc) is 3.36. The highest BCUT2D eigenvalue weighted by Crippen LogP contribution is 2.34. The predicted molar refractivity (Wildman–Crippen MR) is 152 cm³/mol. The summed E-state index contributed by atoms with van der Waals surface area (Å²) >= 11 is 0. The number of carbonyl (C=O) groups is 1. The monoisotopic (exact) mass is 547 g/mol. The fraction of sp³-hybridized carbons (Fsp3) is 0.533. The molecule has 40 heavy (non-hydrogen) atoms. The Hall–Kier alpha value is -3.71. The van der Waals surface area contributed by atoms with Gasteiger partial charge in [0.1, 0.15) is 12.4 Å². The number of halogens is 1. The van der Waals surface area contributed by atoms with Crippen molar-refractivity contribution in [2.75, 3.05) is 56.2 Å². The molecule has 4 heterocycles. The molecule has 1 aromatic heterocycles. The van der Waals surface area contributed by atoms with Gasteiger partial charge in [0.25, 0.3) is 5.91 Å². The Balaban J connectivity index is 1.46. The van der Waals surface area contributed by atoms with Crippen LogP contribution in [0.4, 0.5) is 15.9 Å². The lowest BCUT2D eigenvalue weighted by atomic mass is 10.0. The van der Waals surface area contributed by atoms with Crippen molar-refractivity contribution in [3.05, 3.63) is 53.0 Å². The molecule has 0 bridgehead atoms. The highest BCUT2D eigenvalue weighted by molar-refractivity contribution is 5.91. The van der Waals surface area contributed by atoms with Crippen LogP contribution in [0.3, 0.4) is 0 Å². The van der Waals surface area contributed by atoms with Crippen LogP contribution in [0, 0.1) is 25.2 Å². The topological polar surface area (TPSA) is 88.8 Å². The number of benzene rings is 1. The molecule has 10 heteroatoms. The lowest BCUT2D eigenvalue weighted by Gasteiger charge is -2.42. The van der Waals surface area contributed by atoms with Crippen LogP contribution < -0.4 is 14.5 Å². The van der Waals surface area contributed by atoms with Crippen LogP contribution in [-0.4, -0.2) is 84.1 Å². The third-order valence-electron chi connectivity index (χ3n) is 8.62. The highest BCUT2D eigenvalue weighted by atomic mass is 19.1. The number of hydrogen-bond acceptors (Lipinski definition) is 8. The summed E-state index contributed by atoms with van der Waals surface area (Å²) in [5.74, 6) is -0.970. The van der Waals surface area contributed by atoms with Gasteiger partial charge in [-0.3, -0.25) is 4.79 Å². The molecule has 0 saturated carbocycles. The number of aromatic nitrogens is 2. The summed E-state index contributed by atoms with van der Waals surface area (Å²) < 4.78 is 20.0. The second-order valence-corrected chi connectivity index (χ2v) is 11.1. The molecule has 2 fully saturated rings. The average molecular weight is 548 g/mol. The minimum atomic E-state index is -1.00. The smallest absolute Gasteiger partial charge is 0.318 e. The van der Waals surface area contributed by atoms with Gasteiger partial charge in [0.2, 0.25) is 0 Å². The van der Waals surface area contributed by atoms with Gasteiger partial charge in [-0.25, -0.2) is 4.39 Å². The number of anilines is 2. The fourth-order valence-electron chi connectivity index (χ4n) is 6.11. The molecule has 0 aliphatic carbocycles. The lowest BCUT2D eigenvalue weighted by Crippen LogP contribution is -2.55. The number of ether oxygens (including phenoxy) is 1. The van der Waals surface area contributed by atoms with Crippen molar-refractivity contribution in [2.24, 2.45) is 0 Å². The van der Waals surface area contributed by atoms with E-state index in [9.17, 15) is 14.4 Å². The number of piperazine rings is 1. The molecule has 0 spiro atoms. The first-order valence-electron chi connectivity index (χ1n) is 14.1. The van der Waals surface area contributed by atoms with Gasteiger partial charge in [-0.2, -0.15) is 15.2 Å². The van der Waals surface area contributed by atoms with Crippen LogP contribution in [0.25, 0.3) is 0 Å². The summed E-state index contributed by atoms with van der Waals surface area (Å²) in [5.41, 5.74) is 5.71. The molecule has 3 aliphatic heterocycles. The van der Waals surface area contributed by atoms with Crippen molar-refractivity contribution in [3.63, 3.8) is 0 Å². The zero-order valence-electron chi connectivity index (χ0n) is 23.7. The van der Waals surface area contributed by atoms with E-state index >= 15 is 0 Å². The van der Waals surface area contributed by atoms with Gasteiger partial charge in [0.05, 0.1) is 30.8 Å². The van der Waals surface area contributed by atoms with E-state index in [1.54, 1.807) is 0 Å². The van der Waals surface area contributed by atoms with Crippen molar-refractivity contribution < 1.29 is 13.9 Å². The minimum absolute atomic E-state index is 0.0978. The van der Waals surface area contributed by atoms with Gasteiger partial charge >= 0.3 is 6.01 Å². The number of carbonyl (C=O) groups excluding carboxylic acids is 1. The van der Waals surface area contributed by atoms with E-state index < -0.39 is 17.8 Å². The molecule has 5 rings (SSSR count). The summed E-state index contributed by atoms with van der Waals surface area (Å²) in [4.78, 5) is 30.4. The summed E-state index contributed by atoms with van der Waals surface area (Å²) in [5, 5.41) is 9.45. The van der Waals surface area contributed by atoms with Gasteiger partial charge in [-0.1, -0.05) is 18.7 Å². The number of fused-ring (bicyclic) bond motifs is 1. The number of nitriles is 1. The largest absolute Gasteiger partial charge is 0.462 e. The van der Waals surface area contributed by atoms with Crippen LogP contribution in [0.2, 0.25) is 0 Å². The fourth-order valence-corrected chi connectivity index (χ4v) is 6.11. The van der Waals surface area contributed by atoms with Crippen molar-refractivity contribution in [2.45, 2.75) is 58.2 Å². The van der Waals surface area contributed by atoms with E-state index in [1.165, 1.54) is 21.7 Å². The van der Waals surface area contributed by atoms with E-state index in [0.717, 1.165) is 49.4 Å². The maximum Gasteiger partial charge on any atom is 0.318 e. The zero-order valence-corrected chi connectivity index (χ0v) is 23.7. The van der Waals surface area contributed by atoms with E-state index in [4.69, 9.17) is 14.7 Å². The van der Waals surface area contributed by atoms with Crippen LogP contribution in [-0.2, 0) is 17.8 Å². The van der Waals surface area contributed by atoms with Crippen molar-refractivity contribution >= 4 is 17.4 Å². The molecule has 9 nitrogen and oxygen atoms in total. The molecule has 1 aromatic carbocycles. The second-order valence-electron chi connectivity index (χ2n) is 11.1. The van der Waals surface area contributed by atoms with Crippen LogP contribution in [0.5, 0.6) is 6.01 Å². The van der Waals surface area contributed by atoms with E-state index in [0.29, 0.717) is 38.3 Å². The number of amides is 1. The Kier molecular flexibility index (Phi) is 8.22.